The summed E-state index contributed by atoms with van der Waals surface area (Å²) in [6.45, 7) is 4.13. The highest BCUT2D eigenvalue weighted by atomic mass is 32.2. The molecule has 0 rings (SSSR count). The Labute approximate surface area is 79.6 Å². The zero-order valence-corrected chi connectivity index (χ0v) is 9.15. The quantitative estimate of drug-likeness (QED) is 0.665. The van der Waals surface area contributed by atoms with Gasteiger partial charge in [0.05, 0.1) is 12.3 Å². The van der Waals surface area contributed by atoms with Crippen molar-refractivity contribution in [2.24, 2.45) is 0 Å². The summed E-state index contributed by atoms with van der Waals surface area (Å²) in [5.74, 6) is -0.106. The zero-order valence-electron chi connectivity index (χ0n) is 8.33. The predicted octanol–water partition coefficient (Wildman–Crippen LogP) is -0.0118. The van der Waals surface area contributed by atoms with Crippen LogP contribution in [0.2, 0.25) is 0 Å². The lowest BCUT2D eigenvalue weighted by Crippen LogP contribution is -2.29. The molecule has 0 aromatic carbocycles. The van der Waals surface area contributed by atoms with Gasteiger partial charge in [-0.25, -0.2) is 8.42 Å². The number of Topliss-reactive ketones (excluding diaryl/α,β-unsaturated/α-hetero) is 1. The van der Waals surface area contributed by atoms with E-state index in [1.807, 2.05) is 13.8 Å². The molecule has 0 aliphatic carbocycles. The number of ketones is 1. The van der Waals surface area contributed by atoms with E-state index in [9.17, 15) is 13.2 Å². The van der Waals surface area contributed by atoms with E-state index in [2.05, 4.69) is 5.32 Å². The third kappa shape index (κ3) is 9.49. The molecule has 0 aliphatic heterocycles. The van der Waals surface area contributed by atoms with Gasteiger partial charge in [-0.05, 0) is 0 Å². The minimum Gasteiger partial charge on any atom is -0.308 e. The van der Waals surface area contributed by atoms with Gasteiger partial charge in [-0.2, -0.15) is 0 Å². The van der Waals surface area contributed by atoms with Crippen LogP contribution >= 0.6 is 0 Å². The lowest BCUT2D eigenvalue weighted by molar-refractivity contribution is -0.117. The highest BCUT2D eigenvalue weighted by Gasteiger charge is 2.07. The summed E-state index contributed by atoms with van der Waals surface area (Å²) < 4.78 is 21.4. The molecule has 0 fully saturated rings. The van der Waals surface area contributed by atoms with Gasteiger partial charge in [-0.1, -0.05) is 13.8 Å². The number of hydrogen-bond donors (Lipinski definition) is 1. The van der Waals surface area contributed by atoms with Crippen molar-refractivity contribution in [2.45, 2.75) is 26.3 Å². The van der Waals surface area contributed by atoms with Crippen molar-refractivity contribution in [3.8, 4) is 0 Å². The Kier molecular flexibility index (Phi) is 5.17. The van der Waals surface area contributed by atoms with Crippen LogP contribution < -0.4 is 5.32 Å². The maximum absolute atomic E-state index is 11.1. The normalized spacial score (nSPS) is 12.0. The van der Waals surface area contributed by atoms with Crippen molar-refractivity contribution < 1.29 is 13.2 Å². The second-order valence-corrected chi connectivity index (χ2v) is 5.71. The second-order valence-electron chi connectivity index (χ2n) is 3.45. The third-order valence-corrected chi connectivity index (χ3v) is 2.40. The van der Waals surface area contributed by atoms with Crippen molar-refractivity contribution in [2.75, 3.05) is 18.6 Å². The summed E-state index contributed by atoms with van der Waals surface area (Å²) in [5, 5.41) is 2.94. The Bertz CT molecular complexity index is 257. The molecular weight excluding hydrogens is 190 g/mol. The van der Waals surface area contributed by atoms with Gasteiger partial charge >= 0.3 is 0 Å². The van der Waals surface area contributed by atoms with E-state index in [1.54, 1.807) is 0 Å². The number of carbonyl (C=O) groups is 1. The van der Waals surface area contributed by atoms with Crippen LogP contribution in [0.4, 0.5) is 0 Å². The first kappa shape index (κ1) is 12.6. The molecule has 5 heteroatoms. The van der Waals surface area contributed by atoms with Gasteiger partial charge < -0.3 is 5.32 Å². The number of rotatable bonds is 6. The molecule has 0 aromatic heterocycles. The van der Waals surface area contributed by atoms with Crippen LogP contribution in [0.25, 0.3) is 0 Å². The Morgan fingerprint density at radius 2 is 1.92 bits per heavy atom. The molecule has 0 saturated heterocycles. The molecule has 0 amide bonds. The van der Waals surface area contributed by atoms with Gasteiger partial charge in [0.25, 0.3) is 0 Å². The molecule has 0 atom stereocenters. The fourth-order valence-electron chi connectivity index (χ4n) is 0.706. The molecule has 0 aromatic rings. The van der Waals surface area contributed by atoms with E-state index in [0.717, 1.165) is 6.26 Å². The standard InChI is InChI=1S/C8H17NO3S/c1-7(2)9-6-8(10)4-5-13(3,11)12/h7,9H,4-6H2,1-3H3. The highest BCUT2D eigenvalue weighted by Crippen LogP contribution is 1.90. The van der Waals surface area contributed by atoms with Crippen LogP contribution in [0.3, 0.4) is 0 Å². The predicted molar refractivity (Wildman–Crippen MR) is 52.5 cm³/mol. The van der Waals surface area contributed by atoms with Crippen molar-refractivity contribution >= 4 is 15.6 Å². The zero-order chi connectivity index (χ0) is 10.5. The topological polar surface area (TPSA) is 63.2 Å². The summed E-state index contributed by atoms with van der Waals surface area (Å²) in [7, 11) is -3.01. The summed E-state index contributed by atoms with van der Waals surface area (Å²) >= 11 is 0. The smallest absolute Gasteiger partial charge is 0.147 e. The van der Waals surface area contributed by atoms with Gasteiger partial charge in [-0.15, -0.1) is 0 Å². The van der Waals surface area contributed by atoms with Gasteiger partial charge in [0.1, 0.15) is 15.6 Å². The van der Waals surface area contributed by atoms with Crippen LogP contribution in [-0.2, 0) is 14.6 Å². The summed E-state index contributed by atoms with van der Waals surface area (Å²) in [6.07, 6.45) is 1.24. The van der Waals surface area contributed by atoms with Crippen LogP contribution in [0.15, 0.2) is 0 Å². The molecule has 0 bridgehead atoms. The van der Waals surface area contributed by atoms with Crippen LogP contribution in [0.1, 0.15) is 20.3 Å². The largest absolute Gasteiger partial charge is 0.308 e. The van der Waals surface area contributed by atoms with E-state index >= 15 is 0 Å². The number of sulfone groups is 1. The van der Waals surface area contributed by atoms with Crippen molar-refractivity contribution in [3.63, 3.8) is 0 Å². The molecule has 1 N–H and O–H groups in total. The molecule has 0 heterocycles. The number of carbonyl (C=O) groups excluding carboxylic acids is 1. The monoisotopic (exact) mass is 207 g/mol. The van der Waals surface area contributed by atoms with Gasteiger partial charge in [0.15, 0.2) is 0 Å². The van der Waals surface area contributed by atoms with Crippen LogP contribution in [0.5, 0.6) is 0 Å². The molecule has 0 aliphatic rings. The lowest BCUT2D eigenvalue weighted by atomic mass is 10.3. The summed E-state index contributed by atoms with van der Waals surface area (Å²) in [5.41, 5.74) is 0. The minimum atomic E-state index is -3.01. The molecule has 0 saturated carbocycles. The molecule has 0 unspecified atom stereocenters. The van der Waals surface area contributed by atoms with Gasteiger partial charge in [-0.3, -0.25) is 4.79 Å². The molecule has 0 radical (unpaired) electrons. The van der Waals surface area contributed by atoms with E-state index in [-0.39, 0.29) is 30.5 Å². The molecule has 78 valence electrons. The minimum absolute atomic E-state index is 0.0500. The summed E-state index contributed by atoms with van der Waals surface area (Å²) in [4.78, 5) is 11.1. The second kappa shape index (κ2) is 5.34. The Balaban J connectivity index is 3.65. The summed E-state index contributed by atoms with van der Waals surface area (Å²) in [6, 6.07) is 0.252. The average molecular weight is 207 g/mol. The van der Waals surface area contributed by atoms with Gasteiger partial charge in [0, 0.05) is 18.7 Å². The third-order valence-electron chi connectivity index (χ3n) is 1.46. The molecule has 4 nitrogen and oxygen atoms in total. The molecule has 13 heavy (non-hydrogen) atoms. The van der Waals surface area contributed by atoms with E-state index in [1.165, 1.54) is 0 Å². The average Bonchev–Trinajstić information content (AvgIpc) is 1.95. The van der Waals surface area contributed by atoms with Crippen molar-refractivity contribution in [1.29, 1.82) is 0 Å². The first-order valence-corrected chi connectivity index (χ1v) is 6.30. The Morgan fingerprint density at radius 1 is 1.38 bits per heavy atom. The van der Waals surface area contributed by atoms with Gasteiger partial charge in [0.2, 0.25) is 0 Å². The first-order chi connectivity index (χ1) is 5.81. The maximum atomic E-state index is 11.1. The highest BCUT2D eigenvalue weighted by molar-refractivity contribution is 7.90. The fourth-order valence-corrected chi connectivity index (χ4v) is 1.30. The lowest BCUT2D eigenvalue weighted by Gasteiger charge is -2.06. The Hall–Kier alpha value is -0.420. The van der Waals surface area contributed by atoms with E-state index in [4.69, 9.17) is 0 Å². The molecule has 0 spiro atoms. The SMILES string of the molecule is CC(C)NCC(=O)CCS(C)(=O)=O. The van der Waals surface area contributed by atoms with E-state index < -0.39 is 9.84 Å². The van der Waals surface area contributed by atoms with E-state index in [0.29, 0.717) is 0 Å². The van der Waals surface area contributed by atoms with Crippen LogP contribution in [-0.4, -0.2) is 38.8 Å². The fraction of sp³-hybridized carbons (Fsp3) is 0.875. The van der Waals surface area contributed by atoms with Crippen LogP contribution in [0, 0.1) is 0 Å². The van der Waals surface area contributed by atoms with Crippen molar-refractivity contribution in [1.82, 2.24) is 5.32 Å². The Morgan fingerprint density at radius 3 is 2.31 bits per heavy atom. The first-order valence-electron chi connectivity index (χ1n) is 4.24. The maximum Gasteiger partial charge on any atom is 0.147 e. The number of hydrogen-bond acceptors (Lipinski definition) is 4. The number of nitrogens with one attached hydrogen (secondary N) is 1. The van der Waals surface area contributed by atoms with Crippen molar-refractivity contribution in [3.05, 3.63) is 0 Å². The molecular formula is C8H17NO3S.